The minimum absolute atomic E-state index is 0.101. The number of esters is 1. The van der Waals surface area contributed by atoms with Gasteiger partial charge in [0, 0.05) is 12.1 Å². The Morgan fingerprint density at radius 3 is 1.97 bits per heavy atom. The summed E-state index contributed by atoms with van der Waals surface area (Å²) < 4.78 is 27.4. The first-order valence-corrected chi connectivity index (χ1v) is 11.7. The topological polar surface area (TPSA) is 110 Å². The van der Waals surface area contributed by atoms with Gasteiger partial charge in [0.05, 0.1) is 46.1 Å². The summed E-state index contributed by atoms with van der Waals surface area (Å²) in [5, 5.41) is 0. The third kappa shape index (κ3) is 4.77. The average Bonchev–Trinajstić information content (AvgIpc) is 2.91. The van der Waals surface area contributed by atoms with E-state index in [2.05, 4.69) is 0 Å². The lowest BCUT2D eigenvalue weighted by atomic mass is 9.77. The van der Waals surface area contributed by atoms with Crippen molar-refractivity contribution in [1.82, 2.24) is 0 Å². The lowest BCUT2D eigenvalue weighted by Gasteiger charge is -2.48. The fourth-order valence-electron chi connectivity index (χ4n) is 4.47. The van der Waals surface area contributed by atoms with Gasteiger partial charge in [0.25, 0.3) is 0 Å². The molecule has 9 nitrogen and oxygen atoms in total. The lowest BCUT2D eigenvalue weighted by Crippen LogP contribution is -2.53. The number of carbonyl (C=O) groups is 2. The molecule has 1 fully saturated rings. The van der Waals surface area contributed by atoms with Crippen LogP contribution in [0.25, 0.3) is 0 Å². The number of β-lactam (4-membered cyclic amide) rings is 1. The molecule has 1 aliphatic rings. The number of ether oxygens (including phenoxy) is 5. The van der Waals surface area contributed by atoms with Crippen LogP contribution in [-0.4, -0.2) is 46.4 Å². The van der Waals surface area contributed by atoms with Gasteiger partial charge in [0.15, 0.2) is 23.0 Å². The van der Waals surface area contributed by atoms with Gasteiger partial charge < -0.3 is 34.3 Å². The maximum atomic E-state index is 13.7. The van der Waals surface area contributed by atoms with Crippen LogP contribution in [0.4, 0.5) is 5.69 Å². The fourth-order valence-corrected chi connectivity index (χ4v) is 4.47. The molecule has 1 saturated heterocycles. The minimum atomic E-state index is -0.813. The van der Waals surface area contributed by atoms with E-state index in [0.717, 1.165) is 11.1 Å². The standard InChI is InChI=1S/C28H30N2O7/c1-16(29)28(32)37-21-13-18(11-12-20(21)33-2)25-24(17-9-7-6-8-10-17)27(31)30(25)19-14-22(34-3)26(36-5)23(15-19)35-4/h6-16,24-25H,29H2,1-5H3/t16-,24-,25-/m0/s1. The van der Waals surface area contributed by atoms with Crippen LogP contribution in [-0.2, 0) is 9.59 Å². The molecule has 0 aliphatic carbocycles. The van der Waals surface area contributed by atoms with Crippen LogP contribution in [0.15, 0.2) is 60.7 Å². The molecule has 0 unspecified atom stereocenters. The summed E-state index contributed by atoms with van der Waals surface area (Å²) in [6.45, 7) is 1.54. The highest BCUT2D eigenvalue weighted by Gasteiger charge is 2.50. The van der Waals surface area contributed by atoms with Crippen molar-refractivity contribution in [2.45, 2.75) is 24.9 Å². The van der Waals surface area contributed by atoms with Crippen molar-refractivity contribution >= 4 is 17.6 Å². The molecule has 1 aliphatic heterocycles. The zero-order valence-corrected chi connectivity index (χ0v) is 21.4. The molecule has 0 radical (unpaired) electrons. The first-order chi connectivity index (χ1) is 17.8. The second-order valence-electron chi connectivity index (χ2n) is 8.55. The molecule has 4 rings (SSSR count). The molecule has 0 spiro atoms. The number of nitrogens with two attached hydrogens (primary N) is 1. The number of amides is 1. The second-order valence-corrected chi connectivity index (χ2v) is 8.55. The third-order valence-electron chi connectivity index (χ3n) is 6.30. The first-order valence-electron chi connectivity index (χ1n) is 11.7. The smallest absolute Gasteiger partial charge is 0.328 e. The number of rotatable bonds is 9. The quantitative estimate of drug-likeness (QED) is 0.265. The highest BCUT2D eigenvalue weighted by Crippen LogP contribution is 2.52. The summed E-state index contributed by atoms with van der Waals surface area (Å²) in [4.78, 5) is 27.6. The van der Waals surface area contributed by atoms with E-state index in [4.69, 9.17) is 29.4 Å². The van der Waals surface area contributed by atoms with Crippen LogP contribution in [0.2, 0.25) is 0 Å². The number of methoxy groups -OCH3 is 4. The molecule has 0 saturated carbocycles. The number of carbonyl (C=O) groups excluding carboxylic acids is 2. The molecular formula is C28H30N2O7. The van der Waals surface area contributed by atoms with Crippen molar-refractivity contribution in [3.63, 3.8) is 0 Å². The summed E-state index contributed by atoms with van der Waals surface area (Å²) in [5.41, 5.74) is 7.88. The zero-order valence-electron chi connectivity index (χ0n) is 21.4. The first kappa shape index (κ1) is 25.8. The Morgan fingerprint density at radius 2 is 1.43 bits per heavy atom. The van der Waals surface area contributed by atoms with E-state index in [1.54, 1.807) is 36.1 Å². The average molecular weight is 507 g/mol. The zero-order chi connectivity index (χ0) is 26.7. The summed E-state index contributed by atoms with van der Waals surface area (Å²) in [6, 6.07) is 17.0. The Hall–Kier alpha value is -4.24. The molecular weight excluding hydrogens is 476 g/mol. The molecule has 2 N–H and O–H groups in total. The van der Waals surface area contributed by atoms with Gasteiger partial charge in [-0.05, 0) is 30.2 Å². The van der Waals surface area contributed by atoms with Gasteiger partial charge in [0.2, 0.25) is 11.7 Å². The maximum absolute atomic E-state index is 13.7. The molecule has 0 aromatic heterocycles. The van der Waals surface area contributed by atoms with Gasteiger partial charge >= 0.3 is 5.97 Å². The number of nitrogens with zero attached hydrogens (tertiary/aromatic N) is 1. The molecule has 3 aromatic rings. The van der Waals surface area contributed by atoms with Crippen molar-refractivity contribution in [2.24, 2.45) is 5.73 Å². The van der Waals surface area contributed by atoms with Gasteiger partial charge in [-0.15, -0.1) is 0 Å². The van der Waals surface area contributed by atoms with Crippen LogP contribution >= 0.6 is 0 Å². The van der Waals surface area contributed by atoms with E-state index in [1.807, 2.05) is 36.4 Å². The van der Waals surface area contributed by atoms with Crippen LogP contribution in [0.1, 0.15) is 30.0 Å². The summed E-state index contributed by atoms with van der Waals surface area (Å²) >= 11 is 0. The molecule has 1 amide bonds. The predicted octanol–water partition coefficient (Wildman–Crippen LogP) is 3.85. The molecule has 3 aromatic carbocycles. The van der Waals surface area contributed by atoms with Crippen molar-refractivity contribution in [3.05, 3.63) is 71.8 Å². The second kappa shape index (κ2) is 10.8. The van der Waals surface area contributed by atoms with E-state index in [9.17, 15) is 9.59 Å². The van der Waals surface area contributed by atoms with Crippen LogP contribution in [0, 0.1) is 0 Å². The Balaban J connectivity index is 1.84. The predicted molar refractivity (Wildman–Crippen MR) is 138 cm³/mol. The van der Waals surface area contributed by atoms with Crippen molar-refractivity contribution in [2.75, 3.05) is 33.3 Å². The van der Waals surface area contributed by atoms with Gasteiger partial charge in [-0.1, -0.05) is 36.4 Å². The molecule has 0 bridgehead atoms. The van der Waals surface area contributed by atoms with Gasteiger partial charge in [-0.3, -0.25) is 4.79 Å². The molecule has 37 heavy (non-hydrogen) atoms. The number of hydrogen-bond donors (Lipinski definition) is 1. The number of benzene rings is 3. The Kier molecular flexibility index (Phi) is 7.54. The van der Waals surface area contributed by atoms with Gasteiger partial charge in [-0.25, -0.2) is 4.79 Å². The number of hydrogen-bond acceptors (Lipinski definition) is 8. The van der Waals surface area contributed by atoms with Crippen LogP contribution < -0.4 is 34.3 Å². The minimum Gasteiger partial charge on any atom is -0.493 e. The fraction of sp³-hybridized carbons (Fsp3) is 0.286. The van der Waals surface area contributed by atoms with E-state index in [1.165, 1.54) is 28.4 Å². The Labute approximate surface area is 215 Å². The summed E-state index contributed by atoms with van der Waals surface area (Å²) in [5.74, 6) is 0.702. The maximum Gasteiger partial charge on any atom is 0.328 e. The monoisotopic (exact) mass is 506 g/mol. The van der Waals surface area contributed by atoms with E-state index in [0.29, 0.717) is 28.7 Å². The van der Waals surface area contributed by atoms with Crippen molar-refractivity contribution < 1.29 is 33.3 Å². The molecule has 1 heterocycles. The molecule has 9 heteroatoms. The highest BCUT2D eigenvalue weighted by atomic mass is 16.6. The normalized spacial score (nSPS) is 17.5. The van der Waals surface area contributed by atoms with Crippen LogP contribution in [0.3, 0.4) is 0 Å². The summed E-state index contributed by atoms with van der Waals surface area (Å²) in [7, 11) is 6.04. The lowest BCUT2D eigenvalue weighted by molar-refractivity contribution is -0.135. The van der Waals surface area contributed by atoms with Gasteiger partial charge in [0.1, 0.15) is 6.04 Å². The molecule has 3 atom stereocenters. The van der Waals surface area contributed by atoms with Crippen molar-refractivity contribution in [3.8, 4) is 28.7 Å². The summed E-state index contributed by atoms with van der Waals surface area (Å²) in [6.07, 6.45) is 0. The Morgan fingerprint density at radius 1 is 0.811 bits per heavy atom. The van der Waals surface area contributed by atoms with E-state index < -0.39 is 24.0 Å². The van der Waals surface area contributed by atoms with Crippen LogP contribution in [0.5, 0.6) is 28.7 Å². The molecule has 194 valence electrons. The highest BCUT2D eigenvalue weighted by molar-refractivity contribution is 6.07. The van der Waals surface area contributed by atoms with E-state index in [-0.39, 0.29) is 11.7 Å². The van der Waals surface area contributed by atoms with E-state index >= 15 is 0 Å². The van der Waals surface area contributed by atoms with Gasteiger partial charge in [-0.2, -0.15) is 0 Å². The van der Waals surface area contributed by atoms with Crippen molar-refractivity contribution in [1.29, 1.82) is 0 Å². The number of anilines is 1. The SMILES string of the molecule is COc1ccc([C@H]2[C@H](c3ccccc3)C(=O)N2c2cc(OC)c(OC)c(OC)c2)cc1OC(=O)[C@H](C)N. The largest absolute Gasteiger partial charge is 0.493 e. The Bertz CT molecular complexity index is 1270. The third-order valence-corrected chi connectivity index (χ3v) is 6.30.